The summed E-state index contributed by atoms with van der Waals surface area (Å²) in [5.74, 6) is -6.01. The standard InChI is InChI=1S/2C2HF3O2.Co.6N/c2*3-2(4,5)1(6)7;;;;;;;/h2*(H,6,7);;;;;;;/q;;+2;;;;;;/p-2. The average molecular weight is 369 g/mol. The van der Waals surface area contributed by atoms with E-state index >= 15 is 0 Å². The number of hydrogen-bond acceptors (Lipinski definition) is 4. The number of carbonyl (C=O) groups excluding carboxylic acids is 2. The van der Waals surface area contributed by atoms with Crippen molar-refractivity contribution in [1.82, 2.24) is 36.9 Å². The monoisotopic (exact) mass is 369 g/mol. The molecule has 0 saturated carbocycles. The molecule has 0 atom stereocenters. The summed E-state index contributed by atoms with van der Waals surface area (Å²) in [5, 5.41) is 17.6. The van der Waals surface area contributed by atoms with Crippen molar-refractivity contribution in [1.29, 1.82) is 0 Å². The number of carboxylic acid groups (broad SMARTS) is 2. The minimum atomic E-state index is -5.19. The molecular formula is C4CoF6N6O4. The summed E-state index contributed by atoms with van der Waals surface area (Å²) in [5.41, 5.74) is 0. The fourth-order valence-electron chi connectivity index (χ4n) is 0. The topological polar surface area (TPSA) is 263 Å². The molecule has 0 fully saturated rings. The van der Waals surface area contributed by atoms with Gasteiger partial charge in [0, 0.05) is 36.9 Å². The number of carbonyl (C=O) groups is 2. The maximum Gasteiger partial charge on any atom is 2.00 e. The van der Waals surface area contributed by atoms with Crippen LogP contribution in [0.4, 0.5) is 26.3 Å². The largest absolute Gasteiger partial charge is 2.00 e. The van der Waals surface area contributed by atoms with E-state index in [0.717, 1.165) is 0 Å². The zero-order valence-corrected chi connectivity index (χ0v) is 9.96. The first-order valence-electron chi connectivity index (χ1n) is 2.45. The van der Waals surface area contributed by atoms with Crippen LogP contribution in [0.1, 0.15) is 0 Å². The fraction of sp³-hybridized carbons (Fsp3) is 0.500. The summed E-state index contributed by atoms with van der Waals surface area (Å²) < 4.78 is 63.1. The van der Waals surface area contributed by atoms with Crippen LogP contribution in [0.15, 0.2) is 0 Å². The fourth-order valence-corrected chi connectivity index (χ4v) is 0. The number of halogens is 6. The molecule has 21 heavy (non-hydrogen) atoms. The molecule has 0 unspecified atom stereocenters. The Labute approximate surface area is 125 Å². The third-order valence-electron chi connectivity index (χ3n) is 0.463. The number of rotatable bonds is 0. The zero-order chi connectivity index (χ0) is 12.2. The summed E-state index contributed by atoms with van der Waals surface area (Å²) >= 11 is 0. The van der Waals surface area contributed by atoms with Gasteiger partial charge in [0.1, 0.15) is 11.9 Å². The van der Waals surface area contributed by atoms with Crippen LogP contribution in [0, 0.1) is 0 Å². The Morgan fingerprint density at radius 3 is 0.619 bits per heavy atom. The molecule has 121 valence electrons. The van der Waals surface area contributed by atoms with Crippen LogP contribution in [0.2, 0.25) is 0 Å². The van der Waals surface area contributed by atoms with E-state index in [1.807, 2.05) is 0 Å². The number of carboxylic acids is 2. The molecule has 0 rings (SSSR count). The normalized spacial score (nSPS) is 7.52. The predicted octanol–water partition coefficient (Wildman–Crippen LogP) is -4.29. The van der Waals surface area contributed by atoms with Gasteiger partial charge in [-0.25, -0.2) is 0 Å². The van der Waals surface area contributed by atoms with E-state index in [2.05, 4.69) is 0 Å². The van der Waals surface area contributed by atoms with Crippen molar-refractivity contribution in [2.75, 3.05) is 0 Å². The maximum absolute atomic E-state index is 10.5. The summed E-state index contributed by atoms with van der Waals surface area (Å²) in [6.07, 6.45) is -10.4. The minimum Gasteiger partial charge on any atom is -0.542 e. The molecule has 0 bridgehead atoms. The van der Waals surface area contributed by atoms with Gasteiger partial charge in [0.2, 0.25) is 0 Å². The maximum atomic E-state index is 10.5. The van der Waals surface area contributed by atoms with Gasteiger partial charge < -0.3 is 19.8 Å². The van der Waals surface area contributed by atoms with Crippen LogP contribution >= 0.6 is 0 Å². The quantitative estimate of drug-likeness (QED) is 0.383. The molecule has 10 nitrogen and oxygen atoms in total. The first kappa shape index (κ1) is 60.0. The second kappa shape index (κ2) is 21.1. The van der Waals surface area contributed by atoms with Crippen molar-refractivity contribution < 1.29 is 62.9 Å². The van der Waals surface area contributed by atoms with Crippen LogP contribution in [0.5, 0.6) is 0 Å². The Hall–Kier alpha value is -1.21. The van der Waals surface area contributed by atoms with Crippen molar-refractivity contribution in [3.8, 4) is 0 Å². The summed E-state index contributed by atoms with van der Waals surface area (Å²) in [7, 11) is 0. The molecule has 17 heteroatoms. The van der Waals surface area contributed by atoms with E-state index in [9.17, 15) is 26.3 Å². The number of aliphatic carboxylic acids is 2. The van der Waals surface area contributed by atoms with Crippen LogP contribution in [-0.2, 0) is 26.4 Å². The van der Waals surface area contributed by atoms with Gasteiger partial charge in [-0.15, -0.1) is 0 Å². The molecule has 19 radical (unpaired) electrons. The Morgan fingerprint density at radius 2 is 0.619 bits per heavy atom. The van der Waals surface area contributed by atoms with Crippen molar-refractivity contribution in [2.45, 2.75) is 12.4 Å². The van der Waals surface area contributed by atoms with Gasteiger partial charge in [-0.2, -0.15) is 26.3 Å². The molecule has 0 heterocycles. The second-order valence-corrected chi connectivity index (χ2v) is 1.57. The minimum absolute atomic E-state index is 0. The summed E-state index contributed by atoms with van der Waals surface area (Å²) in [6.45, 7) is 0. The summed E-state index contributed by atoms with van der Waals surface area (Å²) in [4.78, 5) is 17.6. The van der Waals surface area contributed by atoms with Gasteiger partial charge in [0.25, 0.3) is 0 Å². The zero-order valence-electron chi connectivity index (χ0n) is 8.92. The van der Waals surface area contributed by atoms with E-state index in [1.165, 1.54) is 0 Å². The molecule has 0 aliphatic rings. The average Bonchev–Trinajstić information content (AvgIpc) is 1.83. The van der Waals surface area contributed by atoms with Gasteiger partial charge in [0.15, 0.2) is 0 Å². The Kier molecular flexibility index (Phi) is 60.3. The Bertz CT molecular complexity index is 214. The molecular weight excluding hydrogens is 369 g/mol. The molecule has 0 spiro atoms. The number of hydrogen-bond donors (Lipinski definition) is 0. The number of nitrogens with zero attached hydrogens (tertiary/aromatic N) is 6. The Balaban J connectivity index is -0.0000000147. The Morgan fingerprint density at radius 1 is 0.571 bits per heavy atom. The van der Waals surface area contributed by atoms with Gasteiger partial charge >= 0.3 is 29.1 Å². The third-order valence-corrected chi connectivity index (χ3v) is 0.463. The first-order chi connectivity index (χ1) is 5.89. The van der Waals surface area contributed by atoms with E-state index in [-0.39, 0.29) is 53.7 Å². The smallest absolute Gasteiger partial charge is 0.542 e. The molecule has 0 aromatic rings. The van der Waals surface area contributed by atoms with Gasteiger partial charge in [-0.3, -0.25) is 0 Å². The number of alkyl halides is 6. The third kappa shape index (κ3) is 45.5. The van der Waals surface area contributed by atoms with Crippen molar-refractivity contribution in [3.63, 3.8) is 0 Å². The molecule has 0 amide bonds. The van der Waals surface area contributed by atoms with Crippen molar-refractivity contribution >= 4 is 11.9 Å². The van der Waals surface area contributed by atoms with Gasteiger partial charge in [-0.1, -0.05) is 0 Å². The summed E-state index contributed by atoms with van der Waals surface area (Å²) in [6, 6.07) is 0. The first-order valence-corrected chi connectivity index (χ1v) is 2.45. The second-order valence-electron chi connectivity index (χ2n) is 1.57. The van der Waals surface area contributed by atoms with Crippen molar-refractivity contribution in [2.24, 2.45) is 0 Å². The molecule has 0 aliphatic heterocycles. The predicted molar refractivity (Wildman–Crippen MR) is 34.9 cm³/mol. The van der Waals surface area contributed by atoms with Crippen molar-refractivity contribution in [3.05, 3.63) is 0 Å². The molecule has 0 saturated heterocycles. The SMILES string of the molecule is O=C([O-])C(F)(F)F.O=C([O-])C(F)(F)F.[Co+2].[N].[N].[N].[N].[N].[N]. The van der Waals surface area contributed by atoms with Gasteiger partial charge in [-0.05, 0) is 0 Å². The molecule has 0 N–H and O–H groups in total. The van der Waals surface area contributed by atoms with E-state index < -0.39 is 24.3 Å². The van der Waals surface area contributed by atoms with E-state index in [4.69, 9.17) is 19.8 Å². The van der Waals surface area contributed by atoms with Gasteiger partial charge in [0.05, 0.1) is 0 Å². The van der Waals surface area contributed by atoms with Crippen LogP contribution in [0.25, 0.3) is 0 Å². The van der Waals surface area contributed by atoms with Crippen LogP contribution in [0.3, 0.4) is 0 Å². The van der Waals surface area contributed by atoms with E-state index in [1.54, 1.807) is 0 Å². The molecule has 0 aromatic carbocycles. The van der Waals surface area contributed by atoms with Crippen LogP contribution < -0.4 is 47.1 Å². The molecule has 0 aromatic heterocycles. The molecule has 0 aliphatic carbocycles. The van der Waals surface area contributed by atoms with Crippen LogP contribution in [-0.4, -0.2) is 24.3 Å². The van der Waals surface area contributed by atoms with E-state index in [0.29, 0.717) is 0 Å².